The Morgan fingerprint density at radius 2 is 2.10 bits per heavy atom. The minimum absolute atomic E-state index is 0.376. The summed E-state index contributed by atoms with van der Waals surface area (Å²) in [6.07, 6.45) is 0. The summed E-state index contributed by atoms with van der Waals surface area (Å²) in [5.41, 5.74) is 8.22. The lowest BCUT2D eigenvalue weighted by Crippen LogP contribution is -2.07. The van der Waals surface area contributed by atoms with E-state index >= 15 is 0 Å². The zero-order valence-electron chi connectivity index (χ0n) is 11.9. The van der Waals surface area contributed by atoms with Gasteiger partial charge in [-0.3, -0.25) is 0 Å². The number of nitrogens with one attached hydrogen (secondary N) is 1. The molecule has 0 spiro atoms. The average Bonchev–Trinajstić information content (AvgIpc) is 2.42. The second-order valence-electron chi connectivity index (χ2n) is 4.57. The fraction of sp³-hybridized carbons (Fsp3) is 0.333. The van der Waals surface area contributed by atoms with Gasteiger partial charge in [0.05, 0.1) is 0 Å². The smallest absolute Gasteiger partial charge is 0.158 e. The Morgan fingerprint density at radius 1 is 1.25 bits per heavy atom. The summed E-state index contributed by atoms with van der Waals surface area (Å²) in [4.78, 5) is 8.52. The fourth-order valence-corrected chi connectivity index (χ4v) is 1.88. The topological polar surface area (TPSA) is 73.1 Å². The van der Waals surface area contributed by atoms with Crippen molar-refractivity contribution in [2.75, 3.05) is 17.7 Å². The van der Waals surface area contributed by atoms with Gasteiger partial charge >= 0.3 is 0 Å². The Morgan fingerprint density at radius 3 is 2.85 bits per heavy atom. The summed E-state index contributed by atoms with van der Waals surface area (Å²) < 4.78 is 5.30. The molecule has 0 bridgehead atoms. The third-order valence-corrected chi connectivity index (χ3v) is 2.78. The number of anilines is 2. The molecule has 5 heteroatoms. The Balaban J connectivity index is 2.03. The van der Waals surface area contributed by atoms with Crippen molar-refractivity contribution in [3.63, 3.8) is 0 Å². The van der Waals surface area contributed by atoms with Crippen LogP contribution in [0.15, 0.2) is 30.3 Å². The monoisotopic (exact) mass is 272 g/mol. The molecule has 106 valence electrons. The van der Waals surface area contributed by atoms with E-state index in [1.165, 1.54) is 11.1 Å². The standard InChI is InChI=1S/C15H20N4O/c1-3-20-10-15-18-13(16)8-14(19-15)17-9-12-6-4-5-11(2)7-12/h4-8H,3,9-10H2,1-2H3,(H3,16,17,18,19). The van der Waals surface area contributed by atoms with Gasteiger partial charge in [0.1, 0.15) is 18.2 Å². The number of hydrogen-bond acceptors (Lipinski definition) is 5. The number of aryl methyl sites for hydroxylation is 1. The van der Waals surface area contributed by atoms with Gasteiger partial charge in [-0.05, 0) is 19.4 Å². The molecule has 20 heavy (non-hydrogen) atoms. The van der Waals surface area contributed by atoms with Gasteiger partial charge in [-0.15, -0.1) is 0 Å². The van der Waals surface area contributed by atoms with Crippen molar-refractivity contribution >= 4 is 11.6 Å². The predicted octanol–water partition coefficient (Wildman–Crippen LogP) is 2.52. The summed E-state index contributed by atoms with van der Waals surface area (Å²) in [6.45, 7) is 5.71. The molecule has 1 aromatic heterocycles. The van der Waals surface area contributed by atoms with E-state index in [0.29, 0.717) is 37.2 Å². The molecule has 5 nitrogen and oxygen atoms in total. The fourth-order valence-electron chi connectivity index (χ4n) is 1.88. The molecule has 0 unspecified atom stereocenters. The third-order valence-electron chi connectivity index (χ3n) is 2.78. The van der Waals surface area contributed by atoms with E-state index in [-0.39, 0.29) is 0 Å². The van der Waals surface area contributed by atoms with Crippen molar-refractivity contribution < 1.29 is 4.74 Å². The molecular formula is C15H20N4O. The molecular weight excluding hydrogens is 252 g/mol. The van der Waals surface area contributed by atoms with Crippen molar-refractivity contribution in [1.29, 1.82) is 0 Å². The van der Waals surface area contributed by atoms with E-state index in [1.54, 1.807) is 6.07 Å². The Kier molecular flexibility index (Phi) is 4.90. The van der Waals surface area contributed by atoms with E-state index in [0.717, 1.165) is 0 Å². The second kappa shape index (κ2) is 6.86. The molecule has 1 heterocycles. The van der Waals surface area contributed by atoms with E-state index in [2.05, 4.69) is 40.4 Å². The first-order chi connectivity index (χ1) is 9.67. The first-order valence-electron chi connectivity index (χ1n) is 6.68. The highest BCUT2D eigenvalue weighted by molar-refractivity contribution is 5.45. The molecule has 0 atom stereocenters. The van der Waals surface area contributed by atoms with E-state index < -0.39 is 0 Å². The van der Waals surface area contributed by atoms with E-state index in [1.807, 2.05) is 13.0 Å². The number of benzene rings is 1. The van der Waals surface area contributed by atoms with Gasteiger partial charge in [0.25, 0.3) is 0 Å². The number of ether oxygens (including phenoxy) is 1. The van der Waals surface area contributed by atoms with E-state index in [4.69, 9.17) is 10.5 Å². The molecule has 0 radical (unpaired) electrons. The normalized spacial score (nSPS) is 10.5. The molecule has 0 saturated carbocycles. The maximum Gasteiger partial charge on any atom is 0.158 e. The van der Waals surface area contributed by atoms with Crippen molar-refractivity contribution in [3.05, 3.63) is 47.3 Å². The molecule has 0 aliphatic rings. The maximum absolute atomic E-state index is 5.78. The number of aromatic nitrogens is 2. The Labute approximate surface area is 119 Å². The van der Waals surface area contributed by atoms with Crippen LogP contribution in [0, 0.1) is 6.92 Å². The SMILES string of the molecule is CCOCc1nc(N)cc(NCc2cccc(C)c2)n1. The van der Waals surface area contributed by atoms with Crippen molar-refractivity contribution in [2.45, 2.75) is 27.0 Å². The summed E-state index contributed by atoms with van der Waals surface area (Å²) in [5, 5.41) is 3.26. The maximum atomic E-state index is 5.78. The molecule has 0 aliphatic heterocycles. The van der Waals surface area contributed by atoms with Gasteiger partial charge in [-0.1, -0.05) is 29.8 Å². The largest absolute Gasteiger partial charge is 0.384 e. The lowest BCUT2D eigenvalue weighted by Gasteiger charge is -2.09. The summed E-state index contributed by atoms with van der Waals surface area (Å²) in [7, 11) is 0. The second-order valence-corrected chi connectivity index (χ2v) is 4.57. The molecule has 1 aromatic carbocycles. The van der Waals surface area contributed by atoms with Gasteiger partial charge in [-0.25, -0.2) is 9.97 Å². The van der Waals surface area contributed by atoms with Gasteiger partial charge < -0.3 is 15.8 Å². The van der Waals surface area contributed by atoms with Crippen molar-refractivity contribution in [3.8, 4) is 0 Å². The third kappa shape index (κ3) is 4.20. The van der Waals surface area contributed by atoms with Crippen LogP contribution in [0.4, 0.5) is 11.6 Å². The highest BCUT2D eigenvalue weighted by Gasteiger charge is 2.03. The minimum atomic E-state index is 0.376. The molecule has 0 saturated heterocycles. The quantitative estimate of drug-likeness (QED) is 0.845. The van der Waals surface area contributed by atoms with Crippen LogP contribution in [-0.2, 0) is 17.9 Å². The van der Waals surface area contributed by atoms with Gasteiger partial charge in [0, 0.05) is 19.2 Å². The van der Waals surface area contributed by atoms with Gasteiger partial charge in [0.2, 0.25) is 0 Å². The van der Waals surface area contributed by atoms with Crippen LogP contribution in [0.25, 0.3) is 0 Å². The molecule has 0 amide bonds. The summed E-state index contributed by atoms with van der Waals surface area (Å²) in [5.74, 6) is 1.76. The number of nitrogen functional groups attached to an aromatic ring is 1. The summed E-state index contributed by atoms with van der Waals surface area (Å²) >= 11 is 0. The van der Waals surface area contributed by atoms with Crippen LogP contribution in [-0.4, -0.2) is 16.6 Å². The zero-order valence-corrected chi connectivity index (χ0v) is 11.9. The van der Waals surface area contributed by atoms with Crippen LogP contribution in [0.3, 0.4) is 0 Å². The van der Waals surface area contributed by atoms with E-state index in [9.17, 15) is 0 Å². The Bertz CT molecular complexity index is 572. The first-order valence-corrected chi connectivity index (χ1v) is 6.68. The Hall–Kier alpha value is -2.14. The highest BCUT2D eigenvalue weighted by Crippen LogP contribution is 2.11. The van der Waals surface area contributed by atoms with Gasteiger partial charge in [-0.2, -0.15) is 0 Å². The molecule has 0 fully saturated rings. The van der Waals surface area contributed by atoms with Crippen LogP contribution in [0.2, 0.25) is 0 Å². The van der Waals surface area contributed by atoms with Crippen LogP contribution < -0.4 is 11.1 Å². The molecule has 2 rings (SSSR count). The van der Waals surface area contributed by atoms with Crippen LogP contribution in [0.5, 0.6) is 0 Å². The molecule has 3 N–H and O–H groups in total. The minimum Gasteiger partial charge on any atom is -0.384 e. The predicted molar refractivity (Wildman–Crippen MR) is 80.3 cm³/mol. The molecule has 2 aromatic rings. The average molecular weight is 272 g/mol. The first kappa shape index (κ1) is 14.3. The van der Waals surface area contributed by atoms with Crippen molar-refractivity contribution in [1.82, 2.24) is 9.97 Å². The van der Waals surface area contributed by atoms with Crippen molar-refractivity contribution in [2.24, 2.45) is 0 Å². The zero-order chi connectivity index (χ0) is 14.4. The highest BCUT2D eigenvalue weighted by atomic mass is 16.5. The lowest BCUT2D eigenvalue weighted by molar-refractivity contribution is 0.128. The number of hydrogen-bond donors (Lipinski definition) is 2. The van der Waals surface area contributed by atoms with Crippen LogP contribution >= 0.6 is 0 Å². The lowest BCUT2D eigenvalue weighted by atomic mass is 10.1. The number of rotatable bonds is 6. The number of nitrogens with zero attached hydrogens (tertiary/aromatic N) is 2. The summed E-state index contributed by atoms with van der Waals surface area (Å²) in [6, 6.07) is 10.1. The van der Waals surface area contributed by atoms with Gasteiger partial charge in [0.15, 0.2) is 5.82 Å². The number of nitrogens with two attached hydrogens (primary N) is 1. The van der Waals surface area contributed by atoms with Crippen LogP contribution in [0.1, 0.15) is 23.9 Å². The molecule has 0 aliphatic carbocycles.